The molecule has 1 fully saturated rings. The Labute approximate surface area is 218 Å². The van der Waals surface area contributed by atoms with E-state index >= 15 is 0 Å². The Balaban J connectivity index is 0.000000180. The molecule has 5 nitrogen and oxygen atoms in total. The van der Waals surface area contributed by atoms with Gasteiger partial charge in [0, 0.05) is 46.5 Å². The van der Waals surface area contributed by atoms with E-state index < -0.39 is 10.0 Å². The van der Waals surface area contributed by atoms with Crippen molar-refractivity contribution in [3.8, 4) is 0 Å². The molecule has 0 unspecified atom stereocenters. The standard InChI is InChI=1S/C14H14Cl2N2O2S.C10H7Cl2N/c1-9-3-2-6-18(9)21(19,20)10-4-5-11-12(7-10)14(16)17-8-13(11)15;1-6-2-3-7-8(4-6)10(12)13-5-9(7)11/h4-5,7-9H,2-3,6H2,1H3;2-5H,1H3/t9-;/m1./s1. The Kier molecular flexibility index (Phi) is 7.58. The molecule has 1 aliphatic heterocycles. The van der Waals surface area contributed by atoms with Crippen molar-refractivity contribution in [3.63, 3.8) is 0 Å². The van der Waals surface area contributed by atoms with E-state index in [0.717, 1.165) is 29.2 Å². The number of sulfonamides is 1. The highest BCUT2D eigenvalue weighted by Gasteiger charge is 2.32. The normalized spacial score (nSPS) is 16.6. The number of benzene rings is 2. The van der Waals surface area contributed by atoms with Crippen molar-refractivity contribution in [3.05, 3.63) is 74.7 Å². The van der Waals surface area contributed by atoms with Crippen LogP contribution in [0.1, 0.15) is 25.3 Å². The largest absolute Gasteiger partial charge is 0.243 e. The Morgan fingerprint density at radius 1 is 0.853 bits per heavy atom. The molecule has 4 aromatic rings. The molecule has 3 heterocycles. The van der Waals surface area contributed by atoms with Gasteiger partial charge in [-0.1, -0.05) is 70.2 Å². The van der Waals surface area contributed by atoms with Gasteiger partial charge in [-0.05, 0) is 44.9 Å². The fourth-order valence-electron chi connectivity index (χ4n) is 4.00. The molecule has 0 spiro atoms. The summed E-state index contributed by atoms with van der Waals surface area (Å²) in [5.41, 5.74) is 1.15. The van der Waals surface area contributed by atoms with Gasteiger partial charge in [0.25, 0.3) is 0 Å². The topological polar surface area (TPSA) is 63.2 Å². The summed E-state index contributed by atoms with van der Waals surface area (Å²) >= 11 is 24.0. The number of aryl methyl sites for hydroxylation is 1. The Hall–Kier alpha value is -1.67. The quantitative estimate of drug-likeness (QED) is 0.239. The van der Waals surface area contributed by atoms with E-state index in [1.807, 2.05) is 32.0 Å². The van der Waals surface area contributed by atoms with E-state index in [9.17, 15) is 8.42 Å². The van der Waals surface area contributed by atoms with Gasteiger partial charge in [-0.3, -0.25) is 0 Å². The average molecular weight is 557 g/mol. The third-order valence-electron chi connectivity index (χ3n) is 5.81. The van der Waals surface area contributed by atoms with E-state index in [1.165, 1.54) is 6.20 Å². The number of rotatable bonds is 2. The number of hydrogen-bond acceptors (Lipinski definition) is 4. The fraction of sp³-hybridized carbons (Fsp3) is 0.250. The Morgan fingerprint density at radius 2 is 1.41 bits per heavy atom. The lowest BCUT2D eigenvalue weighted by molar-refractivity contribution is 0.408. The minimum Gasteiger partial charge on any atom is -0.242 e. The van der Waals surface area contributed by atoms with Gasteiger partial charge in [-0.25, -0.2) is 18.4 Å². The molecule has 0 amide bonds. The second kappa shape index (κ2) is 10.1. The molecule has 178 valence electrons. The number of aromatic nitrogens is 2. The molecule has 5 rings (SSSR count). The maximum absolute atomic E-state index is 12.7. The zero-order chi connectivity index (χ0) is 24.6. The Bertz CT molecular complexity index is 1500. The number of halogens is 4. The molecule has 0 saturated carbocycles. The Morgan fingerprint density at radius 3 is 1.97 bits per heavy atom. The van der Waals surface area contributed by atoms with Crippen molar-refractivity contribution in [2.45, 2.75) is 37.6 Å². The van der Waals surface area contributed by atoms with Crippen molar-refractivity contribution in [2.24, 2.45) is 0 Å². The van der Waals surface area contributed by atoms with Crippen LogP contribution in [0.25, 0.3) is 21.5 Å². The molecule has 0 aliphatic carbocycles. The van der Waals surface area contributed by atoms with Gasteiger partial charge in [0.05, 0.1) is 14.9 Å². The lowest BCUT2D eigenvalue weighted by atomic mass is 10.1. The molecule has 1 atom stereocenters. The first-order valence-corrected chi connectivity index (χ1v) is 13.5. The van der Waals surface area contributed by atoms with Crippen molar-refractivity contribution in [1.82, 2.24) is 14.3 Å². The van der Waals surface area contributed by atoms with Gasteiger partial charge in [-0.15, -0.1) is 0 Å². The molecule has 2 aromatic carbocycles. The van der Waals surface area contributed by atoms with Gasteiger partial charge in [0.2, 0.25) is 10.0 Å². The first-order valence-electron chi connectivity index (χ1n) is 10.6. The number of nitrogens with zero attached hydrogens (tertiary/aromatic N) is 3. The zero-order valence-corrected chi connectivity index (χ0v) is 22.2. The minimum absolute atomic E-state index is 0.0265. The van der Waals surface area contributed by atoms with Gasteiger partial charge in [-0.2, -0.15) is 4.31 Å². The molecule has 2 aromatic heterocycles. The summed E-state index contributed by atoms with van der Waals surface area (Å²) in [6, 6.07) is 10.8. The van der Waals surface area contributed by atoms with Crippen molar-refractivity contribution < 1.29 is 8.42 Å². The number of pyridine rings is 2. The minimum atomic E-state index is -3.51. The van der Waals surface area contributed by atoms with E-state index in [2.05, 4.69) is 9.97 Å². The molecule has 0 N–H and O–H groups in total. The third kappa shape index (κ3) is 4.99. The second-order valence-electron chi connectivity index (χ2n) is 8.16. The van der Waals surface area contributed by atoms with Crippen molar-refractivity contribution in [2.75, 3.05) is 6.54 Å². The molecular weight excluding hydrogens is 536 g/mol. The van der Waals surface area contributed by atoms with Crippen LogP contribution in [0, 0.1) is 6.92 Å². The number of hydrogen-bond donors (Lipinski definition) is 0. The highest BCUT2D eigenvalue weighted by molar-refractivity contribution is 7.89. The van der Waals surface area contributed by atoms with Crippen molar-refractivity contribution in [1.29, 1.82) is 0 Å². The summed E-state index contributed by atoms with van der Waals surface area (Å²) in [6.45, 7) is 4.50. The van der Waals surface area contributed by atoms with Crippen LogP contribution in [-0.4, -0.2) is 35.3 Å². The summed E-state index contributed by atoms with van der Waals surface area (Å²) in [5, 5.41) is 4.96. The van der Waals surface area contributed by atoms with Gasteiger partial charge in [0.1, 0.15) is 10.3 Å². The lowest BCUT2D eigenvalue weighted by Crippen LogP contribution is -2.33. The molecule has 0 bridgehead atoms. The van der Waals surface area contributed by atoms with Crippen LogP contribution in [0.2, 0.25) is 20.4 Å². The van der Waals surface area contributed by atoms with Crippen molar-refractivity contribution >= 4 is 78.0 Å². The van der Waals surface area contributed by atoms with Crippen LogP contribution in [-0.2, 0) is 10.0 Å². The predicted octanol–water partition coefficient (Wildman–Crippen LogP) is 7.56. The van der Waals surface area contributed by atoms with Gasteiger partial charge >= 0.3 is 0 Å². The average Bonchev–Trinajstić information content (AvgIpc) is 3.26. The molecule has 1 saturated heterocycles. The molecule has 1 aliphatic rings. The van der Waals surface area contributed by atoms with Crippen LogP contribution in [0.5, 0.6) is 0 Å². The predicted molar refractivity (Wildman–Crippen MR) is 141 cm³/mol. The molecule has 34 heavy (non-hydrogen) atoms. The van der Waals surface area contributed by atoms with Crippen LogP contribution >= 0.6 is 46.4 Å². The van der Waals surface area contributed by atoms with Crippen LogP contribution in [0.3, 0.4) is 0 Å². The van der Waals surface area contributed by atoms with Gasteiger partial charge in [0.15, 0.2) is 0 Å². The van der Waals surface area contributed by atoms with E-state index in [4.69, 9.17) is 46.4 Å². The summed E-state index contributed by atoms with van der Waals surface area (Å²) in [6.07, 6.45) is 4.81. The highest BCUT2D eigenvalue weighted by atomic mass is 35.5. The maximum Gasteiger partial charge on any atom is 0.243 e. The molecule has 0 radical (unpaired) electrons. The van der Waals surface area contributed by atoms with E-state index in [-0.39, 0.29) is 16.1 Å². The highest BCUT2D eigenvalue weighted by Crippen LogP contribution is 2.32. The monoisotopic (exact) mass is 555 g/mol. The van der Waals surface area contributed by atoms with Crippen LogP contribution < -0.4 is 0 Å². The van der Waals surface area contributed by atoms with Gasteiger partial charge < -0.3 is 0 Å². The second-order valence-corrected chi connectivity index (χ2v) is 11.6. The first kappa shape index (κ1) is 25.4. The van der Waals surface area contributed by atoms with E-state index in [1.54, 1.807) is 28.7 Å². The molecular formula is C24H21Cl4N3O2S. The van der Waals surface area contributed by atoms with E-state index in [0.29, 0.717) is 32.5 Å². The third-order valence-corrected chi connectivity index (χ3v) is 9.02. The maximum atomic E-state index is 12.7. The summed E-state index contributed by atoms with van der Waals surface area (Å²) < 4.78 is 27.0. The van der Waals surface area contributed by atoms with Crippen LogP contribution in [0.4, 0.5) is 0 Å². The van der Waals surface area contributed by atoms with Crippen LogP contribution in [0.15, 0.2) is 53.7 Å². The number of fused-ring (bicyclic) bond motifs is 2. The summed E-state index contributed by atoms with van der Waals surface area (Å²) in [4.78, 5) is 8.18. The molecule has 10 heteroatoms. The lowest BCUT2D eigenvalue weighted by Gasteiger charge is -2.21. The summed E-state index contributed by atoms with van der Waals surface area (Å²) in [5.74, 6) is 0. The smallest absolute Gasteiger partial charge is 0.242 e. The SMILES string of the molecule is C[C@@H]1CCCN1S(=O)(=O)c1ccc2c(Cl)cnc(Cl)c2c1.Cc1ccc2c(Cl)cnc(Cl)c2c1. The first-order chi connectivity index (χ1) is 16.1. The fourth-order valence-corrected chi connectivity index (χ4v) is 6.57. The zero-order valence-electron chi connectivity index (χ0n) is 18.4. The summed E-state index contributed by atoms with van der Waals surface area (Å²) in [7, 11) is -3.51.